The van der Waals surface area contributed by atoms with Gasteiger partial charge < -0.3 is 19.9 Å². The first-order chi connectivity index (χ1) is 13.5. The van der Waals surface area contributed by atoms with Crippen molar-refractivity contribution in [3.8, 4) is 5.75 Å². The number of nitrogens with zero attached hydrogens (tertiary/aromatic N) is 2. The van der Waals surface area contributed by atoms with Gasteiger partial charge in [-0.3, -0.25) is 9.59 Å². The van der Waals surface area contributed by atoms with Crippen molar-refractivity contribution >= 4 is 23.2 Å². The molecule has 1 heterocycles. The van der Waals surface area contributed by atoms with Gasteiger partial charge in [-0.15, -0.1) is 0 Å². The predicted molar refractivity (Wildman–Crippen MR) is 111 cm³/mol. The summed E-state index contributed by atoms with van der Waals surface area (Å²) in [7, 11) is 1.60. The average molecular weight is 381 g/mol. The summed E-state index contributed by atoms with van der Waals surface area (Å²) in [5, 5.41) is 2.91. The van der Waals surface area contributed by atoms with E-state index in [0.29, 0.717) is 5.56 Å². The molecule has 2 aromatic rings. The Morgan fingerprint density at radius 2 is 1.54 bits per heavy atom. The number of benzene rings is 2. The van der Waals surface area contributed by atoms with Crippen molar-refractivity contribution in [2.75, 3.05) is 43.5 Å². The molecule has 0 bridgehead atoms. The van der Waals surface area contributed by atoms with Gasteiger partial charge >= 0.3 is 0 Å². The zero-order valence-electron chi connectivity index (χ0n) is 16.6. The highest BCUT2D eigenvalue weighted by atomic mass is 16.5. The van der Waals surface area contributed by atoms with Crippen LogP contribution in [0.2, 0.25) is 0 Å². The molecule has 28 heavy (non-hydrogen) atoms. The van der Waals surface area contributed by atoms with Crippen molar-refractivity contribution in [1.29, 1.82) is 0 Å². The van der Waals surface area contributed by atoms with Gasteiger partial charge in [0.15, 0.2) is 0 Å². The van der Waals surface area contributed by atoms with Crippen LogP contribution in [0, 0.1) is 5.92 Å². The third kappa shape index (κ3) is 4.63. The number of anilines is 2. The van der Waals surface area contributed by atoms with Crippen molar-refractivity contribution in [2.45, 2.75) is 13.8 Å². The largest absolute Gasteiger partial charge is 0.497 e. The van der Waals surface area contributed by atoms with Crippen LogP contribution in [0.3, 0.4) is 0 Å². The highest BCUT2D eigenvalue weighted by molar-refractivity contribution is 6.04. The Morgan fingerprint density at radius 1 is 0.929 bits per heavy atom. The minimum Gasteiger partial charge on any atom is -0.497 e. The number of carbonyl (C=O) groups is 2. The van der Waals surface area contributed by atoms with Crippen LogP contribution in [0.4, 0.5) is 11.4 Å². The number of amides is 2. The maximum Gasteiger partial charge on any atom is 0.255 e. The van der Waals surface area contributed by atoms with Crippen LogP contribution >= 0.6 is 0 Å². The highest BCUT2D eigenvalue weighted by Gasteiger charge is 2.22. The van der Waals surface area contributed by atoms with Crippen LogP contribution in [0.5, 0.6) is 5.75 Å². The lowest BCUT2D eigenvalue weighted by molar-refractivity contribution is -0.134. The van der Waals surface area contributed by atoms with Crippen LogP contribution in [-0.2, 0) is 4.79 Å². The fourth-order valence-corrected chi connectivity index (χ4v) is 3.25. The predicted octanol–water partition coefficient (Wildman–Crippen LogP) is 3.25. The summed E-state index contributed by atoms with van der Waals surface area (Å²) in [6.45, 7) is 6.99. The molecular formula is C22H27N3O3. The van der Waals surface area contributed by atoms with E-state index in [1.807, 2.05) is 43.0 Å². The average Bonchev–Trinajstić information content (AvgIpc) is 2.74. The molecule has 1 N–H and O–H groups in total. The smallest absolute Gasteiger partial charge is 0.255 e. The molecular weight excluding hydrogens is 354 g/mol. The van der Waals surface area contributed by atoms with Crippen LogP contribution in [0.25, 0.3) is 0 Å². The van der Waals surface area contributed by atoms with E-state index in [-0.39, 0.29) is 17.7 Å². The van der Waals surface area contributed by atoms with Gasteiger partial charge in [0.2, 0.25) is 5.91 Å². The second-order valence-electron chi connectivity index (χ2n) is 7.20. The minimum atomic E-state index is -0.156. The Hall–Kier alpha value is -3.02. The zero-order chi connectivity index (χ0) is 20.1. The number of hydrogen-bond acceptors (Lipinski definition) is 4. The number of methoxy groups -OCH3 is 1. The Labute approximate surface area is 166 Å². The maximum absolute atomic E-state index is 12.4. The third-order valence-corrected chi connectivity index (χ3v) is 4.93. The van der Waals surface area contributed by atoms with Crippen molar-refractivity contribution < 1.29 is 14.3 Å². The third-order valence-electron chi connectivity index (χ3n) is 4.93. The summed E-state index contributed by atoms with van der Waals surface area (Å²) in [5.41, 5.74) is 2.42. The summed E-state index contributed by atoms with van der Waals surface area (Å²) in [5.74, 6) is 0.823. The van der Waals surface area contributed by atoms with E-state index in [1.54, 1.807) is 31.4 Å². The molecule has 0 aromatic heterocycles. The van der Waals surface area contributed by atoms with Crippen LogP contribution in [0.15, 0.2) is 48.5 Å². The van der Waals surface area contributed by atoms with Crippen LogP contribution in [0.1, 0.15) is 24.2 Å². The lowest BCUT2D eigenvalue weighted by Gasteiger charge is -2.37. The van der Waals surface area contributed by atoms with E-state index in [1.165, 1.54) is 0 Å². The minimum absolute atomic E-state index is 0.0418. The molecule has 1 fully saturated rings. The van der Waals surface area contributed by atoms with Crippen molar-refractivity contribution in [1.82, 2.24) is 4.90 Å². The van der Waals surface area contributed by atoms with Crippen molar-refractivity contribution in [3.63, 3.8) is 0 Å². The fraction of sp³-hybridized carbons (Fsp3) is 0.364. The molecule has 1 aliphatic rings. The van der Waals surface area contributed by atoms with E-state index in [4.69, 9.17) is 4.74 Å². The van der Waals surface area contributed by atoms with Gasteiger partial charge in [-0.2, -0.15) is 0 Å². The van der Waals surface area contributed by atoms with Gasteiger partial charge in [0.1, 0.15) is 5.75 Å². The molecule has 6 heteroatoms. The summed E-state index contributed by atoms with van der Waals surface area (Å²) < 4.78 is 5.11. The van der Waals surface area contributed by atoms with Crippen molar-refractivity contribution in [3.05, 3.63) is 54.1 Å². The lowest BCUT2D eigenvalue weighted by Crippen LogP contribution is -2.49. The molecule has 0 atom stereocenters. The second-order valence-corrected chi connectivity index (χ2v) is 7.20. The number of ether oxygens (including phenoxy) is 1. The molecule has 0 spiro atoms. The maximum atomic E-state index is 12.4. The van der Waals surface area contributed by atoms with E-state index < -0.39 is 0 Å². The molecule has 0 radical (unpaired) electrons. The fourth-order valence-electron chi connectivity index (χ4n) is 3.25. The lowest BCUT2D eigenvalue weighted by atomic mass is 10.1. The summed E-state index contributed by atoms with van der Waals surface area (Å²) in [6.07, 6.45) is 0. The van der Waals surface area contributed by atoms with Gasteiger partial charge in [-0.25, -0.2) is 0 Å². The topological polar surface area (TPSA) is 61.9 Å². The van der Waals surface area contributed by atoms with Gasteiger partial charge in [-0.05, 0) is 48.5 Å². The number of rotatable bonds is 5. The van der Waals surface area contributed by atoms with Gasteiger partial charge in [0, 0.05) is 49.0 Å². The molecule has 0 aliphatic carbocycles. The second kappa shape index (κ2) is 8.78. The molecule has 6 nitrogen and oxygen atoms in total. The quantitative estimate of drug-likeness (QED) is 0.864. The zero-order valence-corrected chi connectivity index (χ0v) is 16.6. The van der Waals surface area contributed by atoms with Crippen LogP contribution in [-0.4, -0.2) is 50.0 Å². The number of hydrogen-bond donors (Lipinski definition) is 1. The highest BCUT2D eigenvalue weighted by Crippen LogP contribution is 2.21. The summed E-state index contributed by atoms with van der Waals surface area (Å²) >= 11 is 0. The first-order valence-corrected chi connectivity index (χ1v) is 9.57. The first kappa shape index (κ1) is 19.7. The Kier molecular flexibility index (Phi) is 6.19. The Bertz CT molecular complexity index is 808. The molecule has 1 aliphatic heterocycles. The van der Waals surface area contributed by atoms with E-state index in [2.05, 4.69) is 10.2 Å². The number of nitrogens with one attached hydrogen (secondary N) is 1. The molecule has 2 aromatic carbocycles. The van der Waals surface area contributed by atoms with E-state index in [9.17, 15) is 9.59 Å². The van der Waals surface area contributed by atoms with Crippen LogP contribution < -0.4 is 15.0 Å². The standard InChI is InChI=1S/C22H27N3O3/c1-16(2)22(27)25-14-12-24(13-15-25)19-8-6-18(7-9-19)23-21(26)17-4-10-20(28-3)11-5-17/h4-11,16H,12-15H2,1-3H3,(H,23,26). The molecule has 148 valence electrons. The van der Waals surface area contributed by atoms with Crippen molar-refractivity contribution in [2.24, 2.45) is 5.92 Å². The Morgan fingerprint density at radius 3 is 2.07 bits per heavy atom. The normalized spacial score (nSPS) is 14.1. The molecule has 0 unspecified atom stereocenters. The van der Waals surface area contributed by atoms with Gasteiger partial charge in [0.05, 0.1) is 7.11 Å². The number of carbonyl (C=O) groups excluding carboxylic acids is 2. The first-order valence-electron chi connectivity index (χ1n) is 9.57. The van der Waals surface area contributed by atoms with E-state index >= 15 is 0 Å². The molecule has 0 saturated carbocycles. The SMILES string of the molecule is COc1ccc(C(=O)Nc2ccc(N3CCN(C(=O)C(C)C)CC3)cc2)cc1. The van der Waals surface area contributed by atoms with Gasteiger partial charge in [0.25, 0.3) is 5.91 Å². The monoisotopic (exact) mass is 381 g/mol. The number of piperazine rings is 1. The Balaban J connectivity index is 1.56. The summed E-state index contributed by atoms with van der Waals surface area (Å²) in [6, 6.07) is 14.8. The van der Waals surface area contributed by atoms with E-state index in [0.717, 1.165) is 43.3 Å². The molecule has 2 amide bonds. The van der Waals surface area contributed by atoms with Gasteiger partial charge in [-0.1, -0.05) is 13.8 Å². The molecule has 1 saturated heterocycles. The molecule has 3 rings (SSSR count). The summed E-state index contributed by atoms with van der Waals surface area (Å²) in [4.78, 5) is 28.7.